The van der Waals surface area contributed by atoms with Gasteiger partial charge in [0.15, 0.2) is 0 Å². The average molecular weight is 476 g/mol. The van der Waals surface area contributed by atoms with Crippen molar-refractivity contribution in [2.45, 2.75) is 30.3 Å². The summed E-state index contributed by atoms with van der Waals surface area (Å²) in [4.78, 5) is 11.8. The van der Waals surface area contributed by atoms with Gasteiger partial charge in [0.05, 0.1) is 29.6 Å². The zero-order valence-corrected chi connectivity index (χ0v) is 18.5. The maximum atomic E-state index is 14.1. The SMILES string of the molecule is COc1ccc(S(=O)(=O)NC2CC2)cc1-c1cc(C(=O)O)cc2c1nnn2C/C(F)=C/CN. The molecule has 0 amide bonds. The zero-order chi connectivity index (χ0) is 23.8. The Bertz CT molecular complexity index is 1360. The third-order valence-electron chi connectivity index (χ3n) is 5.18. The lowest BCUT2D eigenvalue weighted by Gasteiger charge is -2.13. The van der Waals surface area contributed by atoms with Crippen molar-refractivity contribution < 1.29 is 27.4 Å². The van der Waals surface area contributed by atoms with E-state index >= 15 is 0 Å². The molecule has 12 heteroatoms. The summed E-state index contributed by atoms with van der Waals surface area (Å²) >= 11 is 0. The van der Waals surface area contributed by atoms with Gasteiger partial charge >= 0.3 is 5.97 Å². The van der Waals surface area contributed by atoms with E-state index in [0.29, 0.717) is 16.9 Å². The Kier molecular flexibility index (Phi) is 6.15. The van der Waals surface area contributed by atoms with Crippen molar-refractivity contribution in [1.82, 2.24) is 19.7 Å². The summed E-state index contributed by atoms with van der Waals surface area (Å²) in [5.74, 6) is -1.46. The molecule has 1 aromatic heterocycles. The van der Waals surface area contributed by atoms with Crippen LogP contribution in [0.25, 0.3) is 22.2 Å². The lowest BCUT2D eigenvalue weighted by molar-refractivity contribution is 0.0697. The summed E-state index contributed by atoms with van der Waals surface area (Å²) in [7, 11) is -2.37. The Labute approximate surface area is 188 Å². The second kappa shape index (κ2) is 8.89. The van der Waals surface area contributed by atoms with Crippen molar-refractivity contribution in [2.24, 2.45) is 5.73 Å². The van der Waals surface area contributed by atoms with Crippen molar-refractivity contribution in [3.8, 4) is 16.9 Å². The van der Waals surface area contributed by atoms with Crippen molar-refractivity contribution in [1.29, 1.82) is 0 Å². The molecule has 1 saturated carbocycles. The number of aromatic nitrogens is 3. The first-order chi connectivity index (χ1) is 15.7. The first kappa shape index (κ1) is 22.8. The van der Waals surface area contributed by atoms with Gasteiger partial charge < -0.3 is 15.6 Å². The number of fused-ring (bicyclic) bond motifs is 1. The summed E-state index contributed by atoms with van der Waals surface area (Å²) < 4.78 is 48.8. The number of allylic oxidation sites excluding steroid dienone is 1. The molecule has 0 unspecified atom stereocenters. The highest BCUT2D eigenvalue weighted by atomic mass is 32.2. The Morgan fingerprint density at radius 3 is 2.73 bits per heavy atom. The molecule has 0 radical (unpaired) electrons. The van der Waals surface area contributed by atoms with Gasteiger partial charge in [0.25, 0.3) is 0 Å². The molecule has 0 bridgehead atoms. The average Bonchev–Trinajstić information content (AvgIpc) is 3.50. The number of carboxylic acid groups (broad SMARTS) is 1. The molecule has 1 aliphatic rings. The van der Waals surface area contributed by atoms with Gasteiger partial charge in [-0.05, 0) is 49.2 Å². The number of aromatic carboxylic acids is 1. The summed E-state index contributed by atoms with van der Waals surface area (Å²) in [5, 5.41) is 17.7. The van der Waals surface area contributed by atoms with Crippen LogP contribution in [0.4, 0.5) is 4.39 Å². The van der Waals surface area contributed by atoms with Gasteiger partial charge in [0, 0.05) is 23.7 Å². The van der Waals surface area contributed by atoms with Crippen LogP contribution in [0.1, 0.15) is 23.2 Å². The van der Waals surface area contributed by atoms with Crippen LogP contribution in [-0.2, 0) is 16.6 Å². The first-order valence-electron chi connectivity index (χ1n) is 10.1. The lowest BCUT2D eigenvalue weighted by atomic mass is 10.00. The molecule has 0 atom stereocenters. The van der Waals surface area contributed by atoms with Crippen LogP contribution < -0.4 is 15.2 Å². The molecule has 0 saturated heterocycles. The Hall–Kier alpha value is -3.35. The number of nitrogens with one attached hydrogen (secondary N) is 1. The molecule has 4 N–H and O–H groups in total. The molecular formula is C21H22FN5O5S. The number of methoxy groups -OCH3 is 1. The van der Waals surface area contributed by atoms with Crippen LogP contribution in [0.3, 0.4) is 0 Å². The van der Waals surface area contributed by atoms with E-state index in [1.54, 1.807) is 0 Å². The fraction of sp³-hybridized carbons (Fsp3) is 0.286. The maximum Gasteiger partial charge on any atom is 0.335 e. The number of rotatable bonds is 9. The number of carbonyl (C=O) groups is 1. The van der Waals surface area contributed by atoms with E-state index in [2.05, 4.69) is 15.0 Å². The van der Waals surface area contributed by atoms with Crippen LogP contribution in [0.2, 0.25) is 0 Å². The van der Waals surface area contributed by atoms with Crippen LogP contribution in [-0.4, -0.2) is 54.2 Å². The summed E-state index contributed by atoms with van der Waals surface area (Å²) in [6.07, 6.45) is 2.74. The van der Waals surface area contributed by atoms with Gasteiger partial charge in [-0.15, -0.1) is 5.10 Å². The third kappa shape index (κ3) is 4.72. The van der Waals surface area contributed by atoms with E-state index in [0.717, 1.165) is 12.8 Å². The smallest absolute Gasteiger partial charge is 0.335 e. The first-order valence-corrected chi connectivity index (χ1v) is 11.6. The van der Waals surface area contributed by atoms with E-state index < -0.39 is 21.8 Å². The highest BCUT2D eigenvalue weighted by Gasteiger charge is 2.29. The number of halogens is 1. The largest absolute Gasteiger partial charge is 0.496 e. The van der Waals surface area contributed by atoms with Crippen LogP contribution in [0.15, 0.2) is 47.1 Å². The second-order valence-electron chi connectivity index (χ2n) is 7.59. The van der Waals surface area contributed by atoms with Gasteiger partial charge in [-0.25, -0.2) is 27.0 Å². The fourth-order valence-corrected chi connectivity index (χ4v) is 4.73. The number of sulfonamides is 1. The molecule has 4 rings (SSSR count). The monoisotopic (exact) mass is 475 g/mol. The Morgan fingerprint density at radius 2 is 2.09 bits per heavy atom. The minimum absolute atomic E-state index is 0.00253. The minimum atomic E-state index is -3.78. The standard InChI is InChI=1S/C21H22FN5O5S/c1-32-19-5-4-15(33(30,31)25-14-2-3-14)10-16(19)17-8-12(21(28)29)9-18-20(17)24-26-27(18)11-13(22)6-7-23/h4-6,8-10,14,25H,2-3,7,11,23H2,1H3,(H,28,29)/b13-6-. The topological polar surface area (TPSA) is 149 Å². The lowest BCUT2D eigenvalue weighted by Crippen LogP contribution is -2.25. The molecule has 1 heterocycles. The van der Waals surface area contributed by atoms with Crippen molar-refractivity contribution >= 4 is 27.0 Å². The number of hydrogen-bond donors (Lipinski definition) is 3. The van der Waals surface area contributed by atoms with Crippen LogP contribution in [0.5, 0.6) is 5.75 Å². The fourth-order valence-electron chi connectivity index (χ4n) is 3.40. The molecule has 1 aliphatic carbocycles. The maximum absolute atomic E-state index is 14.1. The van der Waals surface area contributed by atoms with Crippen LogP contribution in [0, 0.1) is 0 Å². The van der Waals surface area contributed by atoms with Crippen molar-refractivity contribution in [3.05, 3.63) is 47.8 Å². The minimum Gasteiger partial charge on any atom is -0.496 e. The highest BCUT2D eigenvalue weighted by molar-refractivity contribution is 7.89. The molecule has 3 aromatic rings. The number of ether oxygens (including phenoxy) is 1. The highest BCUT2D eigenvalue weighted by Crippen LogP contribution is 2.37. The summed E-state index contributed by atoms with van der Waals surface area (Å²) in [6, 6.07) is 6.91. The molecule has 0 spiro atoms. The molecule has 174 valence electrons. The second-order valence-corrected chi connectivity index (χ2v) is 9.30. The predicted molar refractivity (Wildman–Crippen MR) is 118 cm³/mol. The van der Waals surface area contributed by atoms with Gasteiger partial charge in [0.2, 0.25) is 10.0 Å². The van der Waals surface area contributed by atoms with E-state index in [4.69, 9.17) is 10.5 Å². The molecule has 10 nitrogen and oxygen atoms in total. The van der Waals surface area contributed by atoms with E-state index in [1.807, 2.05) is 0 Å². The Morgan fingerprint density at radius 1 is 1.33 bits per heavy atom. The van der Waals surface area contributed by atoms with Crippen LogP contribution >= 0.6 is 0 Å². The van der Waals surface area contributed by atoms with E-state index in [1.165, 1.54) is 48.2 Å². The number of carboxylic acids is 1. The quantitative estimate of drug-likeness (QED) is 0.426. The van der Waals surface area contributed by atoms with Gasteiger partial charge in [-0.2, -0.15) is 0 Å². The number of nitrogens with zero attached hydrogens (tertiary/aromatic N) is 3. The summed E-state index contributed by atoms with van der Waals surface area (Å²) in [5.41, 5.74) is 6.38. The van der Waals surface area contributed by atoms with Gasteiger partial charge in [-0.3, -0.25) is 0 Å². The molecule has 2 aromatic carbocycles. The number of hydrogen-bond acceptors (Lipinski definition) is 7. The summed E-state index contributed by atoms with van der Waals surface area (Å²) in [6.45, 7) is -0.287. The number of benzene rings is 2. The normalized spacial score (nSPS) is 14.6. The van der Waals surface area contributed by atoms with Crippen molar-refractivity contribution in [2.75, 3.05) is 13.7 Å². The molecule has 1 fully saturated rings. The molecule has 33 heavy (non-hydrogen) atoms. The van der Waals surface area contributed by atoms with E-state index in [9.17, 15) is 22.7 Å². The van der Waals surface area contributed by atoms with Gasteiger partial charge in [0.1, 0.15) is 17.1 Å². The van der Waals surface area contributed by atoms with Gasteiger partial charge in [-0.1, -0.05) is 5.21 Å². The molecular weight excluding hydrogens is 453 g/mol. The van der Waals surface area contributed by atoms with E-state index in [-0.39, 0.29) is 40.6 Å². The third-order valence-corrected chi connectivity index (χ3v) is 6.70. The van der Waals surface area contributed by atoms with Crippen molar-refractivity contribution in [3.63, 3.8) is 0 Å². The predicted octanol–water partition coefficient (Wildman–Crippen LogP) is 2.06. The zero-order valence-electron chi connectivity index (χ0n) is 17.7. The number of nitrogens with two attached hydrogens (primary N) is 1. The Balaban J connectivity index is 1.91. The molecule has 0 aliphatic heterocycles.